The van der Waals surface area contributed by atoms with Gasteiger partial charge in [0.15, 0.2) is 0 Å². The fraction of sp³-hybridized carbons (Fsp3) is 0.290. The molecule has 38 heavy (non-hydrogen) atoms. The van der Waals surface area contributed by atoms with Gasteiger partial charge in [0.25, 0.3) is 11.8 Å². The highest BCUT2D eigenvalue weighted by Crippen LogP contribution is 2.57. The van der Waals surface area contributed by atoms with Crippen LogP contribution < -0.4 is 20.0 Å². The third kappa shape index (κ3) is 3.64. The van der Waals surface area contributed by atoms with E-state index in [0.717, 1.165) is 54.2 Å². The molecule has 5 rings (SSSR count). The van der Waals surface area contributed by atoms with E-state index in [4.69, 9.17) is 4.74 Å². The highest BCUT2D eigenvalue weighted by Gasteiger charge is 2.57. The van der Waals surface area contributed by atoms with Crippen LogP contribution in [0.15, 0.2) is 73.3 Å². The van der Waals surface area contributed by atoms with Crippen LogP contribution >= 0.6 is 0 Å². The Morgan fingerprint density at radius 3 is 1.89 bits per heavy atom. The Morgan fingerprint density at radius 2 is 1.39 bits per heavy atom. The van der Waals surface area contributed by atoms with Gasteiger partial charge in [-0.3, -0.25) is 15.0 Å². The lowest BCUT2D eigenvalue weighted by atomic mass is 9.75. The molecule has 0 radical (unpaired) electrons. The van der Waals surface area contributed by atoms with Gasteiger partial charge in [-0.1, -0.05) is 36.9 Å². The number of hydrogen-bond donors (Lipinski definition) is 1. The lowest BCUT2D eigenvalue weighted by Gasteiger charge is -2.44. The summed E-state index contributed by atoms with van der Waals surface area (Å²) in [6, 6.07) is 19.8. The maximum atomic E-state index is 13.9. The minimum atomic E-state index is -1.11. The van der Waals surface area contributed by atoms with Crippen molar-refractivity contribution in [1.29, 1.82) is 0 Å². The zero-order valence-corrected chi connectivity index (χ0v) is 22.5. The number of fused-ring (bicyclic) bond motifs is 6. The van der Waals surface area contributed by atoms with Crippen LogP contribution in [0.2, 0.25) is 0 Å². The summed E-state index contributed by atoms with van der Waals surface area (Å²) >= 11 is 0. The normalized spacial score (nSPS) is 14.3. The summed E-state index contributed by atoms with van der Waals surface area (Å²) < 4.78 is 6.63. The SMILES string of the molecule is C=CC(=O)NN1C(=O)c2ccccc2C12c1ccc(N(CC)CC)cc1Oc1cc(N(CC)CC)ccc12. The molecule has 2 amide bonds. The van der Waals surface area contributed by atoms with Crippen LogP contribution in [0, 0.1) is 0 Å². The van der Waals surface area contributed by atoms with Gasteiger partial charge >= 0.3 is 0 Å². The largest absolute Gasteiger partial charge is 0.456 e. The van der Waals surface area contributed by atoms with E-state index in [1.807, 2.05) is 48.5 Å². The zero-order valence-electron chi connectivity index (χ0n) is 22.5. The fourth-order valence-corrected chi connectivity index (χ4v) is 5.82. The van der Waals surface area contributed by atoms with Crippen LogP contribution in [0.1, 0.15) is 54.7 Å². The summed E-state index contributed by atoms with van der Waals surface area (Å²) in [5, 5.41) is 1.45. The van der Waals surface area contributed by atoms with Crippen molar-refractivity contribution in [3.05, 3.63) is 95.6 Å². The molecule has 7 nitrogen and oxygen atoms in total. The molecule has 2 aliphatic heterocycles. The third-order valence-corrected chi connectivity index (χ3v) is 7.68. The minimum absolute atomic E-state index is 0.282. The number of nitrogens with zero attached hydrogens (tertiary/aromatic N) is 3. The first-order valence-corrected chi connectivity index (χ1v) is 13.3. The molecule has 0 aliphatic carbocycles. The van der Waals surface area contributed by atoms with Gasteiger partial charge in [-0.15, -0.1) is 0 Å². The highest BCUT2D eigenvalue weighted by molar-refractivity contribution is 6.04. The number of benzene rings is 3. The molecule has 7 heteroatoms. The molecule has 196 valence electrons. The van der Waals surface area contributed by atoms with Crippen molar-refractivity contribution in [3.63, 3.8) is 0 Å². The summed E-state index contributed by atoms with van der Waals surface area (Å²) in [6.07, 6.45) is 1.18. The molecule has 0 unspecified atom stereocenters. The van der Waals surface area contributed by atoms with Crippen LogP contribution in [-0.4, -0.2) is 43.0 Å². The van der Waals surface area contributed by atoms with Gasteiger partial charge in [0.05, 0.1) is 0 Å². The Morgan fingerprint density at radius 1 is 0.868 bits per heavy atom. The fourth-order valence-electron chi connectivity index (χ4n) is 5.82. The van der Waals surface area contributed by atoms with Crippen LogP contribution in [0.4, 0.5) is 11.4 Å². The van der Waals surface area contributed by atoms with E-state index in [1.165, 1.54) is 11.1 Å². The molecule has 2 aliphatic rings. The molecule has 0 saturated carbocycles. The summed E-state index contributed by atoms with van der Waals surface area (Å²) in [6.45, 7) is 15.5. The lowest BCUT2D eigenvalue weighted by molar-refractivity contribution is -0.121. The van der Waals surface area contributed by atoms with Crippen molar-refractivity contribution >= 4 is 23.2 Å². The van der Waals surface area contributed by atoms with Crippen molar-refractivity contribution in [2.24, 2.45) is 0 Å². The molecule has 3 aromatic carbocycles. The molecule has 1 spiro atoms. The first-order valence-electron chi connectivity index (χ1n) is 13.3. The van der Waals surface area contributed by atoms with Crippen LogP contribution in [0.5, 0.6) is 11.5 Å². The maximum absolute atomic E-state index is 13.9. The van der Waals surface area contributed by atoms with Crippen LogP contribution in [-0.2, 0) is 10.3 Å². The van der Waals surface area contributed by atoms with Crippen molar-refractivity contribution in [3.8, 4) is 11.5 Å². The first kappa shape index (κ1) is 25.4. The number of hydrazine groups is 1. The van der Waals surface area contributed by atoms with Gasteiger partial charge in [0, 0.05) is 71.9 Å². The molecule has 1 N–H and O–H groups in total. The van der Waals surface area contributed by atoms with Gasteiger partial charge in [0.2, 0.25) is 0 Å². The monoisotopic (exact) mass is 510 g/mol. The molecular formula is C31H34N4O3. The highest BCUT2D eigenvalue weighted by atomic mass is 16.5. The van der Waals surface area contributed by atoms with Crippen molar-refractivity contribution in [2.45, 2.75) is 33.2 Å². The van der Waals surface area contributed by atoms with Gasteiger partial charge in [-0.25, -0.2) is 5.01 Å². The Bertz CT molecular complexity index is 1350. The Kier molecular flexibility index (Phi) is 6.61. The number of ether oxygens (including phenoxy) is 1. The second-order valence-electron chi connectivity index (χ2n) is 9.38. The van der Waals surface area contributed by atoms with Gasteiger partial charge < -0.3 is 14.5 Å². The van der Waals surface area contributed by atoms with Crippen LogP contribution in [0.3, 0.4) is 0 Å². The van der Waals surface area contributed by atoms with Crippen molar-refractivity contribution in [1.82, 2.24) is 10.4 Å². The average Bonchev–Trinajstić information content (AvgIpc) is 3.18. The predicted molar refractivity (Wildman–Crippen MR) is 151 cm³/mol. The molecule has 0 atom stereocenters. The Hall–Kier alpha value is -4.26. The number of hydrogen-bond acceptors (Lipinski definition) is 5. The van der Waals surface area contributed by atoms with Gasteiger partial charge in [0.1, 0.15) is 17.0 Å². The van der Waals surface area contributed by atoms with Crippen molar-refractivity contribution < 1.29 is 14.3 Å². The van der Waals surface area contributed by atoms with E-state index < -0.39 is 11.4 Å². The number of amides is 2. The Balaban J connectivity index is 1.84. The minimum Gasteiger partial charge on any atom is -0.456 e. The number of rotatable bonds is 8. The van der Waals surface area contributed by atoms with E-state index in [2.05, 4.69) is 61.6 Å². The topological polar surface area (TPSA) is 65.1 Å². The average molecular weight is 511 g/mol. The quantitative estimate of drug-likeness (QED) is 0.408. The number of carbonyl (C=O) groups is 2. The second kappa shape index (κ2) is 9.89. The molecule has 0 fully saturated rings. The summed E-state index contributed by atoms with van der Waals surface area (Å²) in [5.74, 6) is 0.566. The van der Waals surface area contributed by atoms with E-state index in [0.29, 0.717) is 17.1 Å². The Labute approximate surface area is 224 Å². The molecule has 0 bridgehead atoms. The molecular weight excluding hydrogens is 476 g/mol. The first-order chi connectivity index (χ1) is 18.4. The number of anilines is 2. The summed E-state index contributed by atoms with van der Waals surface area (Å²) in [4.78, 5) is 31.1. The molecule has 0 aromatic heterocycles. The lowest BCUT2D eigenvalue weighted by Crippen LogP contribution is -2.55. The smallest absolute Gasteiger partial charge is 0.274 e. The summed E-state index contributed by atoms with van der Waals surface area (Å²) in [7, 11) is 0. The summed E-state index contributed by atoms with van der Waals surface area (Å²) in [5.41, 5.74) is 6.71. The second-order valence-corrected chi connectivity index (χ2v) is 9.38. The van der Waals surface area contributed by atoms with E-state index in [9.17, 15) is 9.59 Å². The van der Waals surface area contributed by atoms with E-state index in [-0.39, 0.29) is 5.91 Å². The van der Waals surface area contributed by atoms with Crippen molar-refractivity contribution in [2.75, 3.05) is 36.0 Å². The standard InChI is InChI=1S/C31H34N4O3/c1-6-29(36)32-35-30(37)23-13-11-12-14-24(23)31(35)25-17-15-21(33(7-2)8-3)19-27(25)38-28-20-22(16-18-26(28)31)34(9-4)10-5/h6,11-20H,1,7-10H2,2-5H3,(H,32,36). The van der Waals surface area contributed by atoms with Crippen LogP contribution in [0.25, 0.3) is 0 Å². The third-order valence-electron chi connectivity index (χ3n) is 7.68. The zero-order chi connectivity index (χ0) is 27.0. The molecule has 3 aromatic rings. The van der Waals surface area contributed by atoms with Gasteiger partial charge in [-0.05, 0) is 52.0 Å². The number of carbonyl (C=O) groups excluding carboxylic acids is 2. The molecule has 2 heterocycles. The van der Waals surface area contributed by atoms with E-state index >= 15 is 0 Å². The number of nitrogens with one attached hydrogen (secondary N) is 1. The van der Waals surface area contributed by atoms with Gasteiger partial charge in [-0.2, -0.15) is 0 Å². The van der Waals surface area contributed by atoms with E-state index in [1.54, 1.807) is 0 Å². The predicted octanol–water partition coefficient (Wildman–Crippen LogP) is 5.45. The maximum Gasteiger partial charge on any atom is 0.274 e. The molecule has 0 saturated heterocycles.